The lowest BCUT2D eigenvalue weighted by Gasteiger charge is -2.10. The maximum absolute atomic E-state index is 4.46. The van der Waals surface area contributed by atoms with Crippen LogP contribution in [-0.4, -0.2) is 29.3 Å². The largest absolute Gasteiger partial charge is 0.370 e. The molecule has 2 N–H and O–H groups in total. The van der Waals surface area contributed by atoms with Crippen LogP contribution in [0, 0.1) is 0 Å². The molecule has 0 aliphatic carbocycles. The molecular weight excluding hydrogens is 244 g/mol. The molecule has 1 rings (SSSR count). The molecule has 0 amide bonds. The molecule has 1 heterocycles. The molecule has 0 unspecified atom stereocenters. The van der Waals surface area contributed by atoms with E-state index in [2.05, 4.69) is 34.4 Å². The molecule has 5 heteroatoms. The lowest BCUT2D eigenvalue weighted by molar-refractivity contribution is 0.741. The van der Waals surface area contributed by atoms with E-state index >= 15 is 0 Å². The van der Waals surface area contributed by atoms with E-state index in [0.717, 1.165) is 36.3 Å². The smallest absolute Gasteiger partial charge is 0.191 e. The molecule has 0 bridgehead atoms. The molecule has 0 aliphatic heterocycles. The number of nitrogens with one attached hydrogen (secondary N) is 2. The predicted molar refractivity (Wildman–Crippen MR) is 80.6 cm³/mol. The van der Waals surface area contributed by atoms with Crippen molar-refractivity contribution in [1.29, 1.82) is 0 Å². The molecule has 0 atom stereocenters. The van der Waals surface area contributed by atoms with Gasteiger partial charge >= 0.3 is 0 Å². The Morgan fingerprint density at radius 1 is 1.00 bits per heavy atom. The highest BCUT2D eigenvalue weighted by molar-refractivity contribution is 7.98. The highest BCUT2D eigenvalue weighted by atomic mass is 32.2. The Hall–Kier alpha value is -0.970. The maximum Gasteiger partial charge on any atom is 0.191 e. The second-order valence-corrected chi connectivity index (χ2v) is 4.96. The van der Waals surface area contributed by atoms with Crippen LogP contribution < -0.4 is 10.6 Å². The Bertz CT molecular complexity index is 344. The lowest BCUT2D eigenvalue weighted by Crippen LogP contribution is -2.08. The summed E-state index contributed by atoms with van der Waals surface area (Å²) in [5.41, 5.74) is 0. The first-order chi connectivity index (χ1) is 8.80. The van der Waals surface area contributed by atoms with Crippen LogP contribution in [0.3, 0.4) is 0 Å². The third-order valence-electron chi connectivity index (χ3n) is 2.53. The third kappa shape index (κ3) is 5.58. The van der Waals surface area contributed by atoms with Gasteiger partial charge in [0.2, 0.25) is 0 Å². The zero-order chi connectivity index (χ0) is 13.2. The SMILES string of the molecule is CCCCCNc1cc(NCCC)nc(SC)n1. The molecule has 1 aromatic heterocycles. The summed E-state index contributed by atoms with van der Waals surface area (Å²) in [4.78, 5) is 8.89. The van der Waals surface area contributed by atoms with Gasteiger partial charge in [-0.05, 0) is 19.1 Å². The number of rotatable bonds is 9. The van der Waals surface area contributed by atoms with E-state index in [-0.39, 0.29) is 0 Å². The normalized spacial score (nSPS) is 10.4. The fourth-order valence-electron chi connectivity index (χ4n) is 1.54. The Balaban J connectivity index is 2.58. The van der Waals surface area contributed by atoms with Crippen molar-refractivity contribution in [3.05, 3.63) is 6.07 Å². The number of hydrogen-bond acceptors (Lipinski definition) is 5. The fraction of sp³-hybridized carbons (Fsp3) is 0.692. The van der Waals surface area contributed by atoms with Gasteiger partial charge in [0.25, 0.3) is 0 Å². The van der Waals surface area contributed by atoms with Gasteiger partial charge in [-0.1, -0.05) is 38.5 Å². The second-order valence-electron chi connectivity index (χ2n) is 4.19. The van der Waals surface area contributed by atoms with Gasteiger partial charge in [0.1, 0.15) is 11.6 Å². The molecule has 0 aromatic carbocycles. The molecule has 18 heavy (non-hydrogen) atoms. The molecule has 1 aromatic rings. The van der Waals surface area contributed by atoms with Crippen molar-refractivity contribution in [2.75, 3.05) is 30.0 Å². The van der Waals surface area contributed by atoms with Gasteiger partial charge in [-0.2, -0.15) is 0 Å². The molecule has 0 aliphatic rings. The molecule has 0 spiro atoms. The second kappa shape index (κ2) is 9.03. The average Bonchev–Trinajstić information content (AvgIpc) is 2.41. The van der Waals surface area contributed by atoms with E-state index in [9.17, 15) is 0 Å². The Morgan fingerprint density at radius 3 is 2.22 bits per heavy atom. The van der Waals surface area contributed by atoms with Gasteiger partial charge in [0.15, 0.2) is 5.16 Å². The van der Waals surface area contributed by atoms with Crippen LogP contribution in [0.25, 0.3) is 0 Å². The Labute approximate surface area is 114 Å². The minimum absolute atomic E-state index is 0.814. The van der Waals surface area contributed by atoms with Gasteiger partial charge in [0.05, 0.1) is 0 Å². The van der Waals surface area contributed by atoms with Gasteiger partial charge < -0.3 is 10.6 Å². The summed E-state index contributed by atoms with van der Waals surface area (Å²) in [5.74, 6) is 1.83. The van der Waals surface area contributed by atoms with Crippen LogP contribution >= 0.6 is 11.8 Å². The maximum atomic E-state index is 4.46. The number of aromatic nitrogens is 2. The van der Waals surface area contributed by atoms with Crippen LogP contribution in [0.15, 0.2) is 11.2 Å². The molecule has 0 radical (unpaired) electrons. The van der Waals surface area contributed by atoms with Crippen LogP contribution in [0.2, 0.25) is 0 Å². The summed E-state index contributed by atoms with van der Waals surface area (Å²) in [5, 5.41) is 7.49. The number of unbranched alkanes of at least 4 members (excludes halogenated alkanes) is 2. The van der Waals surface area contributed by atoms with Gasteiger partial charge in [-0.3, -0.25) is 0 Å². The molecule has 0 saturated heterocycles. The molecule has 4 nitrogen and oxygen atoms in total. The van der Waals surface area contributed by atoms with E-state index in [1.165, 1.54) is 19.3 Å². The minimum atomic E-state index is 0.814. The average molecular weight is 268 g/mol. The third-order valence-corrected chi connectivity index (χ3v) is 3.08. The topological polar surface area (TPSA) is 49.8 Å². The van der Waals surface area contributed by atoms with Crippen molar-refractivity contribution in [1.82, 2.24) is 9.97 Å². The standard InChI is InChI=1S/C13H24N4S/c1-4-6-7-9-15-12-10-11(14-8-5-2)16-13(17-12)18-3/h10H,4-9H2,1-3H3,(H2,14,15,16,17). The first kappa shape index (κ1) is 15.1. The van der Waals surface area contributed by atoms with Crippen LogP contribution in [0.1, 0.15) is 39.5 Å². The monoisotopic (exact) mass is 268 g/mol. The van der Waals surface area contributed by atoms with Gasteiger partial charge in [0, 0.05) is 19.2 Å². The van der Waals surface area contributed by atoms with E-state index < -0.39 is 0 Å². The van der Waals surface area contributed by atoms with E-state index in [1.54, 1.807) is 11.8 Å². The molecule has 0 saturated carbocycles. The first-order valence-electron chi connectivity index (χ1n) is 6.71. The number of hydrogen-bond donors (Lipinski definition) is 2. The van der Waals surface area contributed by atoms with Crippen molar-refractivity contribution in [3.63, 3.8) is 0 Å². The quantitative estimate of drug-likeness (QED) is 0.407. The summed E-state index contributed by atoms with van der Waals surface area (Å²) < 4.78 is 0. The highest BCUT2D eigenvalue weighted by Crippen LogP contribution is 2.17. The van der Waals surface area contributed by atoms with Gasteiger partial charge in [-0.25, -0.2) is 9.97 Å². The van der Waals surface area contributed by atoms with Crippen LogP contribution in [0.5, 0.6) is 0 Å². The van der Waals surface area contributed by atoms with Crippen LogP contribution in [0.4, 0.5) is 11.6 Å². The number of thioether (sulfide) groups is 1. The Kier molecular flexibility index (Phi) is 7.57. The first-order valence-corrected chi connectivity index (χ1v) is 7.93. The Morgan fingerprint density at radius 2 is 1.67 bits per heavy atom. The summed E-state index contributed by atoms with van der Waals surface area (Å²) in [6.07, 6.45) is 6.78. The molecule has 0 fully saturated rings. The number of anilines is 2. The summed E-state index contributed by atoms with van der Waals surface area (Å²) in [7, 11) is 0. The highest BCUT2D eigenvalue weighted by Gasteiger charge is 2.03. The van der Waals surface area contributed by atoms with Crippen LogP contribution in [-0.2, 0) is 0 Å². The van der Waals surface area contributed by atoms with E-state index in [4.69, 9.17) is 0 Å². The zero-order valence-electron chi connectivity index (χ0n) is 11.6. The fourth-order valence-corrected chi connectivity index (χ4v) is 1.92. The van der Waals surface area contributed by atoms with Gasteiger partial charge in [-0.15, -0.1) is 0 Å². The summed E-state index contributed by atoms with van der Waals surface area (Å²) in [6.45, 7) is 6.28. The summed E-state index contributed by atoms with van der Waals surface area (Å²) in [6, 6.07) is 1.99. The lowest BCUT2D eigenvalue weighted by atomic mass is 10.2. The van der Waals surface area contributed by atoms with Crippen molar-refractivity contribution >= 4 is 23.4 Å². The predicted octanol–water partition coefficient (Wildman–Crippen LogP) is 3.62. The van der Waals surface area contributed by atoms with E-state index in [0.29, 0.717) is 0 Å². The van der Waals surface area contributed by atoms with Crippen molar-refractivity contribution in [2.24, 2.45) is 0 Å². The molecule has 102 valence electrons. The molecular formula is C13H24N4S. The van der Waals surface area contributed by atoms with Crippen molar-refractivity contribution < 1.29 is 0 Å². The zero-order valence-corrected chi connectivity index (χ0v) is 12.4. The van der Waals surface area contributed by atoms with Crippen molar-refractivity contribution in [2.45, 2.75) is 44.7 Å². The number of nitrogens with zero attached hydrogens (tertiary/aromatic N) is 2. The summed E-state index contributed by atoms with van der Waals surface area (Å²) >= 11 is 1.57. The van der Waals surface area contributed by atoms with E-state index in [1.807, 2.05) is 12.3 Å². The van der Waals surface area contributed by atoms with Crippen molar-refractivity contribution in [3.8, 4) is 0 Å². The minimum Gasteiger partial charge on any atom is -0.370 e.